The summed E-state index contributed by atoms with van der Waals surface area (Å²) in [5, 5.41) is 4.57. The van der Waals surface area contributed by atoms with Crippen molar-refractivity contribution in [1.29, 1.82) is 0 Å². The molecule has 0 radical (unpaired) electrons. The first-order valence-electron chi connectivity index (χ1n) is 56.4. The van der Waals surface area contributed by atoms with Crippen molar-refractivity contribution in [3.63, 3.8) is 0 Å². The Hall–Kier alpha value is -13.7. The molecule has 27 rings (SSSR count). The molecular weight excluding hydrogens is 1760 g/mol. The summed E-state index contributed by atoms with van der Waals surface area (Å²) in [4.78, 5) is 0. The summed E-state index contributed by atoms with van der Waals surface area (Å²) in [6.07, 6.45) is 36.2. The number of hydrogen-bond donors (Lipinski definition) is 0. The summed E-state index contributed by atoms with van der Waals surface area (Å²) >= 11 is 0. The largest absolute Gasteiger partial charge is 0.455 e. The Balaban J connectivity index is 0.605. The van der Waals surface area contributed by atoms with Gasteiger partial charge in [0.05, 0.1) is 10.8 Å². The van der Waals surface area contributed by atoms with Crippen molar-refractivity contribution in [2.24, 2.45) is 0 Å². The van der Waals surface area contributed by atoms with E-state index >= 15 is 0 Å². The zero-order valence-electron chi connectivity index (χ0n) is 86.8. The van der Waals surface area contributed by atoms with Crippen LogP contribution in [0, 0.1) is 0 Å². The second-order valence-corrected chi connectivity index (χ2v) is 46.1. The van der Waals surface area contributed by atoms with Gasteiger partial charge in [0.15, 0.2) is 0 Å². The molecule has 0 saturated carbocycles. The second kappa shape index (κ2) is 35.6. The van der Waals surface area contributed by atoms with Crippen LogP contribution in [0.1, 0.15) is 324 Å². The zero-order valence-corrected chi connectivity index (χ0v) is 86.8. The smallest absolute Gasteiger partial charge is 0.143 e. The predicted octanol–water partition coefficient (Wildman–Crippen LogP) is 41.0. The quantitative estimate of drug-likeness (QED) is 0.0393. The van der Waals surface area contributed by atoms with E-state index < -0.39 is 10.8 Å². The van der Waals surface area contributed by atoms with E-state index in [1.165, 1.54) is 358 Å². The van der Waals surface area contributed by atoms with Gasteiger partial charge in [-0.25, -0.2) is 0 Å². The molecule has 8 aliphatic rings. The Morgan fingerprint density at radius 3 is 0.726 bits per heavy atom. The summed E-state index contributed by atoms with van der Waals surface area (Å²) < 4.78 is 15.4. The Bertz CT molecular complexity index is 7900. The third-order valence-corrected chi connectivity index (χ3v) is 37.5. The average molecular weight is 1900 g/mol. The van der Waals surface area contributed by atoms with Gasteiger partial charge in [-0.1, -0.05) is 464 Å². The first kappa shape index (κ1) is 91.1. The molecule has 2 nitrogen and oxygen atoms in total. The van der Waals surface area contributed by atoms with Crippen molar-refractivity contribution < 1.29 is 8.83 Å². The van der Waals surface area contributed by atoms with Gasteiger partial charge in [-0.05, 0) is 310 Å². The fourth-order valence-corrected chi connectivity index (χ4v) is 30.5. The van der Waals surface area contributed by atoms with Crippen LogP contribution in [-0.4, -0.2) is 0 Å². The molecule has 0 bridgehead atoms. The maximum absolute atomic E-state index is 7.72. The number of hydrogen-bond acceptors (Lipinski definition) is 2. The van der Waals surface area contributed by atoms with Gasteiger partial charge in [-0.3, -0.25) is 0 Å². The molecule has 0 fully saturated rings. The lowest BCUT2D eigenvalue weighted by atomic mass is 9.68. The lowest BCUT2D eigenvalue weighted by Crippen LogP contribution is -2.27. The van der Waals surface area contributed by atoms with Crippen molar-refractivity contribution in [3.05, 3.63) is 417 Å². The van der Waals surface area contributed by atoms with Gasteiger partial charge in [0.25, 0.3) is 0 Å². The number of fused-ring (bicyclic) bond motifs is 40. The third kappa shape index (κ3) is 13.3. The van der Waals surface area contributed by atoms with E-state index in [4.69, 9.17) is 8.83 Å². The fraction of sp³-hybridized carbons (Fsp3) is 0.292. The van der Waals surface area contributed by atoms with Crippen LogP contribution in [0.4, 0.5) is 0 Å². The van der Waals surface area contributed by atoms with Crippen molar-refractivity contribution in [2.75, 3.05) is 0 Å². The highest BCUT2D eigenvalue weighted by molar-refractivity contribution is 6.23. The molecule has 0 atom stereocenters. The van der Waals surface area contributed by atoms with Crippen molar-refractivity contribution in [1.82, 2.24) is 0 Å². The molecule has 8 aliphatic carbocycles. The minimum Gasteiger partial charge on any atom is -0.455 e. The van der Waals surface area contributed by atoms with Gasteiger partial charge < -0.3 is 8.83 Å². The molecule has 19 aromatic rings. The average Bonchev–Trinajstić information content (AvgIpc) is 1.47. The molecule has 0 N–H and O–H groups in total. The van der Waals surface area contributed by atoms with E-state index in [1.54, 1.807) is 22.3 Å². The Labute approximate surface area is 864 Å². The van der Waals surface area contributed by atoms with Gasteiger partial charge in [0, 0.05) is 54.3 Å². The van der Waals surface area contributed by atoms with E-state index in [1.807, 2.05) is 0 Å². The van der Waals surface area contributed by atoms with E-state index in [0.717, 1.165) is 66.1 Å². The standard InChI is InChI=1S/C144H134O2/c1-9-13-17-21-25-45-77-141(78-46-26-22-18-14-10-2)115-57-37-29-49-97(115)107-73-67-93(83-125(107)141)91-65-71-103-105-75-69-95(85-123(105)139(5,6)121(103)81-91)111-87-129-133(135-109-55-35-43-63-131(109)145-137(111)135)113-89-128-114(90-127(113)143(129)117-59-39-31-51-99(117)100-52-32-40-60-118(100)143)134-130(144(128)119-61-41-33-53-101(119)102-54-34-42-62-120(102)144)88-112(138-136(134)110-56-36-44-64-132(110)146-138)96-70-76-106-104-72-66-92(82-122(104)140(7,8)124(106)86-96)94-68-74-108-98-50-30-38-58-116(98)142(126(108)84-94,79-47-27-23-19-15-11-3)80-48-28-24-20-16-12-4/h29-44,49-76,81-90H,9-28,45-48,77-80H2,1-8H3. The Morgan fingerprint density at radius 2 is 0.411 bits per heavy atom. The molecule has 0 unspecified atom stereocenters. The maximum atomic E-state index is 7.72. The normalized spacial score (nSPS) is 15.4. The second-order valence-electron chi connectivity index (χ2n) is 46.1. The van der Waals surface area contributed by atoms with Crippen molar-refractivity contribution in [2.45, 2.75) is 268 Å². The van der Waals surface area contributed by atoms with E-state index in [2.05, 4.69) is 383 Å². The van der Waals surface area contributed by atoms with Crippen molar-refractivity contribution >= 4 is 43.9 Å². The maximum Gasteiger partial charge on any atom is 0.143 e. The third-order valence-electron chi connectivity index (χ3n) is 37.5. The summed E-state index contributed by atoms with van der Waals surface area (Å²) in [6, 6.07) is 131. The van der Waals surface area contributed by atoms with E-state index in [0.29, 0.717) is 0 Å². The SMILES string of the molecule is CCCCCCCCC1(CCCCCCCC)c2ccccc2-c2ccc(-c3ccc4c(c3)C(C)(C)c3cc(-c5cc6c(c7c5oc5ccccc57)-c5cc7c(cc5C65c6ccccc6-c6ccccc65)-c5c(cc(-c6ccc8c(c6)C(C)(C)c6cc(-c9ccc%10c(c9)C(CCCCCCCC)(CCCCCCCC)c9ccccc9-%10)ccc6-8)c6oc8ccccc8c56)C75c6ccccc6-c6ccccc65)ccc3-4)cc21. The number of benzene rings is 17. The van der Waals surface area contributed by atoms with Crippen LogP contribution >= 0.6 is 0 Å². The zero-order chi connectivity index (χ0) is 98.1. The predicted molar refractivity (Wildman–Crippen MR) is 615 cm³/mol. The highest BCUT2D eigenvalue weighted by atomic mass is 16.3. The Kier molecular flexibility index (Phi) is 22.2. The number of para-hydroxylation sites is 2. The molecule has 146 heavy (non-hydrogen) atoms. The summed E-state index contributed by atoms with van der Waals surface area (Å²) in [7, 11) is 0. The Morgan fingerprint density at radius 1 is 0.178 bits per heavy atom. The van der Waals surface area contributed by atoms with Gasteiger partial charge in [-0.2, -0.15) is 0 Å². The van der Waals surface area contributed by atoms with Crippen LogP contribution in [0.15, 0.2) is 336 Å². The van der Waals surface area contributed by atoms with Gasteiger partial charge >= 0.3 is 0 Å². The number of rotatable bonds is 32. The molecular formula is C144H134O2. The highest BCUT2D eigenvalue weighted by Crippen LogP contribution is 2.72. The molecule has 2 heteroatoms. The monoisotopic (exact) mass is 1900 g/mol. The van der Waals surface area contributed by atoms with Crippen LogP contribution in [0.3, 0.4) is 0 Å². The summed E-state index contributed by atoms with van der Waals surface area (Å²) in [5.41, 5.74) is 54.4. The molecule has 2 aromatic heterocycles. The van der Waals surface area contributed by atoms with Gasteiger partial charge in [0.2, 0.25) is 0 Å². The first-order valence-corrected chi connectivity index (χ1v) is 56.4. The molecule has 0 amide bonds. The first-order chi connectivity index (χ1) is 71.8. The van der Waals surface area contributed by atoms with Crippen LogP contribution in [0.2, 0.25) is 0 Å². The molecule has 0 aliphatic heterocycles. The van der Waals surface area contributed by atoms with Crippen LogP contribution in [0.25, 0.3) is 177 Å². The molecule has 0 saturated heterocycles. The lowest BCUT2D eigenvalue weighted by Gasteiger charge is -2.33. The molecule has 722 valence electrons. The van der Waals surface area contributed by atoms with Crippen LogP contribution in [-0.2, 0) is 32.5 Å². The molecule has 17 aromatic carbocycles. The van der Waals surface area contributed by atoms with Crippen LogP contribution in [0.5, 0.6) is 0 Å². The minimum absolute atomic E-state index is 0.00427. The summed E-state index contributed by atoms with van der Waals surface area (Å²) in [6.45, 7) is 19.3. The fourth-order valence-electron chi connectivity index (χ4n) is 30.5. The van der Waals surface area contributed by atoms with Gasteiger partial charge in [0.1, 0.15) is 22.3 Å². The van der Waals surface area contributed by atoms with E-state index in [9.17, 15) is 0 Å². The highest BCUT2D eigenvalue weighted by Gasteiger charge is 2.59. The van der Waals surface area contributed by atoms with E-state index in [-0.39, 0.29) is 21.7 Å². The molecule has 2 heterocycles. The van der Waals surface area contributed by atoms with Crippen LogP contribution < -0.4 is 0 Å². The topological polar surface area (TPSA) is 26.3 Å². The number of unbranched alkanes of at least 4 members (excludes halogenated alkanes) is 20. The van der Waals surface area contributed by atoms with Crippen molar-refractivity contribution in [3.8, 4) is 134 Å². The molecule has 2 spiro atoms. The number of furan rings is 2. The minimum atomic E-state index is -0.784. The summed E-state index contributed by atoms with van der Waals surface area (Å²) in [5.74, 6) is 0. The lowest BCUT2D eigenvalue weighted by molar-refractivity contribution is 0.398. The van der Waals surface area contributed by atoms with Gasteiger partial charge in [-0.15, -0.1) is 0 Å².